The summed E-state index contributed by atoms with van der Waals surface area (Å²) in [6.45, 7) is 0. The summed E-state index contributed by atoms with van der Waals surface area (Å²) in [5.41, 5.74) is 6.91. The molecule has 1 aromatic carbocycles. The molecule has 2 rings (SSSR count). The lowest BCUT2D eigenvalue weighted by molar-refractivity contribution is 1.10. The third-order valence-electron chi connectivity index (χ3n) is 1.92. The predicted octanol–water partition coefficient (Wildman–Crippen LogP) is 4.04. The average molecular weight is 299 g/mol. The van der Waals surface area contributed by atoms with Crippen molar-refractivity contribution in [3.05, 3.63) is 33.3 Å². The smallest absolute Gasteiger partial charge is 0.145 e. The molecule has 3 nitrogen and oxygen atoms in total. The largest absolute Gasteiger partial charge is 0.382 e. The highest BCUT2D eigenvalue weighted by atomic mass is 35.5. The van der Waals surface area contributed by atoms with Gasteiger partial charge in [-0.25, -0.2) is 0 Å². The van der Waals surface area contributed by atoms with Crippen molar-refractivity contribution in [2.45, 2.75) is 0 Å². The zero-order valence-electron chi connectivity index (χ0n) is 7.80. The second-order valence-corrected chi connectivity index (χ2v) is 4.09. The van der Waals surface area contributed by atoms with Crippen LogP contribution in [0, 0.1) is 0 Å². The SMILES string of the molecule is Cl.Nc1cc(-c2ccc(Cl)c(Cl)c2Cl)[nH]n1. The number of rotatable bonds is 1. The van der Waals surface area contributed by atoms with Crippen molar-refractivity contribution in [2.24, 2.45) is 0 Å². The molecule has 1 aromatic heterocycles. The van der Waals surface area contributed by atoms with Crippen molar-refractivity contribution < 1.29 is 0 Å². The van der Waals surface area contributed by atoms with E-state index in [1.807, 2.05) is 0 Å². The molecule has 0 unspecified atom stereocenters. The standard InChI is InChI=1S/C9H6Cl3N3.ClH/c10-5-2-1-4(8(11)9(5)12)6-3-7(13)15-14-6;/h1-3H,(H3,13,14,15);1H. The number of hydrogen-bond donors (Lipinski definition) is 2. The summed E-state index contributed by atoms with van der Waals surface area (Å²) in [5, 5.41) is 7.67. The lowest BCUT2D eigenvalue weighted by atomic mass is 10.1. The first kappa shape index (κ1) is 13.5. The normalized spacial score (nSPS) is 9.94. The Hall–Kier alpha value is -0.610. The van der Waals surface area contributed by atoms with Crippen LogP contribution in [-0.4, -0.2) is 10.2 Å². The van der Waals surface area contributed by atoms with Gasteiger partial charge < -0.3 is 5.73 Å². The molecule has 0 aliphatic rings. The predicted molar refractivity (Wildman–Crippen MR) is 70.7 cm³/mol. The van der Waals surface area contributed by atoms with E-state index in [4.69, 9.17) is 40.5 Å². The number of nitrogen functional groups attached to an aromatic ring is 1. The fourth-order valence-corrected chi connectivity index (χ4v) is 1.85. The molecular weight excluding hydrogens is 292 g/mol. The van der Waals surface area contributed by atoms with Crippen molar-refractivity contribution in [3.63, 3.8) is 0 Å². The number of aromatic nitrogens is 2. The van der Waals surface area contributed by atoms with Gasteiger partial charge in [0, 0.05) is 11.6 Å². The minimum atomic E-state index is 0. The number of nitrogens with zero attached hydrogens (tertiary/aromatic N) is 1. The summed E-state index contributed by atoms with van der Waals surface area (Å²) in [5.74, 6) is 0.395. The van der Waals surface area contributed by atoms with Gasteiger partial charge >= 0.3 is 0 Å². The zero-order valence-corrected chi connectivity index (χ0v) is 10.9. The zero-order chi connectivity index (χ0) is 11.0. The van der Waals surface area contributed by atoms with Gasteiger partial charge in [0.15, 0.2) is 0 Å². The summed E-state index contributed by atoms with van der Waals surface area (Å²) in [4.78, 5) is 0. The summed E-state index contributed by atoms with van der Waals surface area (Å²) in [6, 6.07) is 5.09. The van der Waals surface area contributed by atoms with E-state index in [0.29, 0.717) is 26.6 Å². The van der Waals surface area contributed by atoms with E-state index >= 15 is 0 Å². The van der Waals surface area contributed by atoms with Crippen LogP contribution in [0.1, 0.15) is 0 Å². The molecule has 0 aliphatic heterocycles. The quantitative estimate of drug-likeness (QED) is 0.781. The number of halogens is 4. The number of anilines is 1. The first-order chi connectivity index (χ1) is 7.09. The van der Waals surface area contributed by atoms with Gasteiger partial charge in [0.2, 0.25) is 0 Å². The Morgan fingerprint density at radius 2 is 1.81 bits per heavy atom. The Kier molecular flexibility index (Phi) is 4.33. The lowest BCUT2D eigenvalue weighted by Crippen LogP contribution is -1.82. The van der Waals surface area contributed by atoms with E-state index in [1.54, 1.807) is 18.2 Å². The maximum Gasteiger partial charge on any atom is 0.145 e. The molecule has 3 N–H and O–H groups in total. The van der Waals surface area contributed by atoms with Gasteiger partial charge in [-0.15, -0.1) is 12.4 Å². The number of H-pyrrole nitrogens is 1. The average Bonchev–Trinajstić information content (AvgIpc) is 2.61. The van der Waals surface area contributed by atoms with E-state index in [-0.39, 0.29) is 12.4 Å². The molecule has 0 fully saturated rings. The molecule has 16 heavy (non-hydrogen) atoms. The molecule has 0 bridgehead atoms. The summed E-state index contributed by atoms with van der Waals surface area (Å²) >= 11 is 17.8. The van der Waals surface area contributed by atoms with Gasteiger partial charge in [0.05, 0.1) is 20.8 Å². The van der Waals surface area contributed by atoms with E-state index in [2.05, 4.69) is 10.2 Å². The van der Waals surface area contributed by atoms with Gasteiger partial charge in [-0.2, -0.15) is 5.10 Å². The fraction of sp³-hybridized carbons (Fsp3) is 0. The monoisotopic (exact) mass is 297 g/mol. The summed E-state index contributed by atoms with van der Waals surface area (Å²) in [7, 11) is 0. The molecule has 0 amide bonds. The highest BCUT2D eigenvalue weighted by Crippen LogP contribution is 2.37. The molecule has 2 aromatic rings. The van der Waals surface area contributed by atoms with E-state index in [1.165, 1.54) is 0 Å². The Morgan fingerprint density at radius 3 is 2.38 bits per heavy atom. The number of nitrogens with one attached hydrogen (secondary N) is 1. The van der Waals surface area contributed by atoms with Gasteiger partial charge in [0.25, 0.3) is 0 Å². The molecule has 0 atom stereocenters. The maximum absolute atomic E-state index is 6.04. The Morgan fingerprint density at radius 1 is 1.12 bits per heavy atom. The first-order valence-electron chi connectivity index (χ1n) is 4.04. The number of nitrogens with two attached hydrogens (primary N) is 1. The molecule has 7 heteroatoms. The van der Waals surface area contributed by atoms with Crippen molar-refractivity contribution in [1.29, 1.82) is 0 Å². The van der Waals surface area contributed by atoms with Crippen LogP contribution in [0.4, 0.5) is 5.82 Å². The third-order valence-corrected chi connectivity index (χ3v) is 3.22. The van der Waals surface area contributed by atoms with Crippen molar-refractivity contribution in [1.82, 2.24) is 10.2 Å². The first-order valence-corrected chi connectivity index (χ1v) is 5.17. The molecular formula is C9H7Cl4N3. The van der Waals surface area contributed by atoms with Crippen molar-refractivity contribution in [2.75, 3.05) is 5.73 Å². The van der Waals surface area contributed by atoms with Gasteiger partial charge in [-0.3, -0.25) is 5.10 Å². The minimum absolute atomic E-state index is 0. The molecule has 0 saturated heterocycles. The van der Waals surface area contributed by atoms with E-state index in [0.717, 1.165) is 5.56 Å². The van der Waals surface area contributed by atoms with E-state index in [9.17, 15) is 0 Å². The van der Waals surface area contributed by atoms with Crippen molar-refractivity contribution >= 4 is 53.0 Å². The molecule has 86 valence electrons. The maximum atomic E-state index is 6.04. The van der Waals surface area contributed by atoms with Crippen LogP contribution in [0.5, 0.6) is 0 Å². The van der Waals surface area contributed by atoms with Crippen LogP contribution in [0.3, 0.4) is 0 Å². The Labute approximate surface area is 113 Å². The molecule has 0 aliphatic carbocycles. The van der Waals surface area contributed by atoms with E-state index < -0.39 is 0 Å². The number of hydrogen-bond acceptors (Lipinski definition) is 2. The van der Waals surface area contributed by atoms with Gasteiger partial charge in [0.1, 0.15) is 5.82 Å². The van der Waals surface area contributed by atoms with Crippen LogP contribution in [0.25, 0.3) is 11.3 Å². The van der Waals surface area contributed by atoms with Crippen LogP contribution >= 0.6 is 47.2 Å². The van der Waals surface area contributed by atoms with Gasteiger partial charge in [-0.1, -0.05) is 34.8 Å². The third kappa shape index (κ3) is 2.38. The molecule has 0 radical (unpaired) electrons. The minimum Gasteiger partial charge on any atom is -0.382 e. The Balaban J connectivity index is 0.00000128. The van der Waals surface area contributed by atoms with Crippen LogP contribution in [-0.2, 0) is 0 Å². The lowest BCUT2D eigenvalue weighted by Gasteiger charge is -2.04. The highest BCUT2D eigenvalue weighted by molar-refractivity contribution is 6.49. The highest BCUT2D eigenvalue weighted by Gasteiger charge is 2.11. The molecule has 1 heterocycles. The topological polar surface area (TPSA) is 54.7 Å². The molecule has 0 saturated carbocycles. The fourth-order valence-electron chi connectivity index (χ4n) is 1.21. The Bertz CT molecular complexity index is 509. The van der Waals surface area contributed by atoms with Gasteiger partial charge in [-0.05, 0) is 12.1 Å². The number of benzene rings is 1. The summed E-state index contributed by atoms with van der Waals surface area (Å²) < 4.78 is 0. The molecule has 0 spiro atoms. The van der Waals surface area contributed by atoms with Crippen molar-refractivity contribution in [3.8, 4) is 11.3 Å². The second kappa shape index (κ2) is 5.15. The van der Waals surface area contributed by atoms with Crippen LogP contribution in [0.15, 0.2) is 18.2 Å². The van der Waals surface area contributed by atoms with Crippen LogP contribution in [0.2, 0.25) is 15.1 Å². The second-order valence-electron chi connectivity index (χ2n) is 2.93. The number of aromatic amines is 1. The summed E-state index contributed by atoms with van der Waals surface area (Å²) in [6.07, 6.45) is 0. The van der Waals surface area contributed by atoms with Crippen LogP contribution < -0.4 is 5.73 Å².